The van der Waals surface area contributed by atoms with Gasteiger partial charge in [-0.1, -0.05) is 0 Å². The molecule has 13 heavy (non-hydrogen) atoms. The van der Waals surface area contributed by atoms with Crippen molar-refractivity contribution in [3.05, 3.63) is 23.2 Å². The van der Waals surface area contributed by atoms with Gasteiger partial charge >= 0.3 is 0 Å². The minimum absolute atomic E-state index is 0.0249. The molecule has 3 heteroatoms. The van der Waals surface area contributed by atoms with Gasteiger partial charge in [0.15, 0.2) is 5.76 Å². The van der Waals surface area contributed by atoms with E-state index in [1.54, 1.807) is 25.3 Å². The number of amides is 1. The molecule has 0 aliphatic heterocycles. The highest BCUT2D eigenvalue weighted by Crippen LogP contribution is 2.27. The summed E-state index contributed by atoms with van der Waals surface area (Å²) in [5, 5.41) is 0. The van der Waals surface area contributed by atoms with Crippen LogP contribution in [0.15, 0.2) is 10.7 Å². The Morgan fingerprint density at radius 2 is 2.23 bits per heavy atom. The second-order valence-electron chi connectivity index (χ2n) is 3.62. The first kappa shape index (κ1) is 8.35. The number of aryl methyl sites for hydroxylation is 1. The third kappa shape index (κ3) is 1.24. The number of fused-ring (bicyclic) bond motifs is 1. The van der Waals surface area contributed by atoms with Gasteiger partial charge in [0.1, 0.15) is 0 Å². The van der Waals surface area contributed by atoms with Crippen molar-refractivity contribution in [3.8, 4) is 0 Å². The van der Waals surface area contributed by atoms with Gasteiger partial charge in [-0.2, -0.15) is 0 Å². The van der Waals surface area contributed by atoms with Crippen LogP contribution in [0.25, 0.3) is 0 Å². The largest absolute Gasteiger partial charge is 0.459 e. The number of rotatable bonds is 1. The Labute approximate surface area is 77.3 Å². The lowest BCUT2D eigenvalue weighted by Crippen LogP contribution is -2.22. The molecule has 3 nitrogen and oxygen atoms in total. The van der Waals surface area contributed by atoms with E-state index in [4.69, 9.17) is 4.42 Å². The fourth-order valence-electron chi connectivity index (χ4n) is 1.74. The summed E-state index contributed by atoms with van der Waals surface area (Å²) in [6.07, 6.45) is 4.91. The molecule has 1 aliphatic carbocycles. The topological polar surface area (TPSA) is 33.5 Å². The van der Waals surface area contributed by atoms with Gasteiger partial charge in [-0.3, -0.25) is 4.79 Å². The lowest BCUT2D eigenvalue weighted by atomic mass is 10.2. The summed E-state index contributed by atoms with van der Waals surface area (Å²) in [7, 11) is 3.48. The minimum Gasteiger partial charge on any atom is -0.459 e. The highest BCUT2D eigenvalue weighted by atomic mass is 16.3. The van der Waals surface area contributed by atoms with Crippen molar-refractivity contribution in [1.29, 1.82) is 0 Å². The lowest BCUT2D eigenvalue weighted by Gasteiger charge is -2.08. The highest BCUT2D eigenvalue weighted by molar-refractivity contribution is 5.93. The first-order chi connectivity index (χ1) is 6.20. The van der Waals surface area contributed by atoms with Crippen molar-refractivity contribution in [2.45, 2.75) is 19.3 Å². The highest BCUT2D eigenvalue weighted by Gasteiger charge is 2.24. The molecule has 1 aromatic rings. The molecule has 0 aromatic carbocycles. The van der Waals surface area contributed by atoms with Crippen molar-refractivity contribution < 1.29 is 9.21 Å². The number of carbonyl (C=O) groups is 1. The number of hydrogen-bond acceptors (Lipinski definition) is 2. The molecule has 0 saturated heterocycles. The zero-order valence-corrected chi connectivity index (χ0v) is 7.96. The SMILES string of the molecule is CN(C)C(=O)c1occ2c1CCC2. The molecule has 0 fully saturated rings. The molecule has 1 aliphatic rings. The van der Waals surface area contributed by atoms with E-state index in [2.05, 4.69) is 0 Å². The average molecular weight is 179 g/mol. The van der Waals surface area contributed by atoms with Crippen LogP contribution in [0.4, 0.5) is 0 Å². The lowest BCUT2D eigenvalue weighted by molar-refractivity contribution is 0.0795. The summed E-state index contributed by atoms with van der Waals surface area (Å²) >= 11 is 0. The molecular formula is C10H13NO2. The fraction of sp³-hybridized carbons (Fsp3) is 0.500. The van der Waals surface area contributed by atoms with Crippen LogP contribution in [0.1, 0.15) is 28.1 Å². The van der Waals surface area contributed by atoms with E-state index in [1.807, 2.05) is 0 Å². The Bertz CT molecular complexity index is 339. The van der Waals surface area contributed by atoms with Crippen LogP contribution in [0.3, 0.4) is 0 Å². The molecule has 0 N–H and O–H groups in total. The predicted molar refractivity (Wildman–Crippen MR) is 48.8 cm³/mol. The van der Waals surface area contributed by atoms with E-state index in [0.717, 1.165) is 24.8 Å². The summed E-state index contributed by atoms with van der Waals surface area (Å²) in [4.78, 5) is 13.2. The normalized spacial score (nSPS) is 14.3. The van der Waals surface area contributed by atoms with E-state index in [-0.39, 0.29) is 5.91 Å². The maximum Gasteiger partial charge on any atom is 0.289 e. The Morgan fingerprint density at radius 1 is 1.46 bits per heavy atom. The van der Waals surface area contributed by atoms with Gasteiger partial charge < -0.3 is 9.32 Å². The number of nitrogens with zero attached hydrogens (tertiary/aromatic N) is 1. The quantitative estimate of drug-likeness (QED) is 0.654. The van der Waals surface area contributed by atoms with Gasteiger partial charge in [0.2, 0.25) is 0 Å². The van der Waals surface area contributed by atoms with E-state index < -0.39 is 0 Å². The van der Waals surface area contributed by atoms with Crippen LogP contribution in [-0.4, -0.2) is 24.9 Å². The molecule has 0 saturated carbocycles. The second-order valence-corrected chi connectivity index (χ2v) is 3.62. The maximum absolute atomic E-state index is 11.6. The van der Waals surface area contributed by atoms with Crippen molar-refractivity contribution in [2.24, 2.45) is 0 Å². The van der Waals surface area contributed by atoms with Gasteiger partial charge in [0, 0.05) is 19.7 Å². The molecule has 0 unspecified atom stereocenters. The van der Waals surface area contributed by atoms with E-state index >= 15 is 0 Å². The van der Waals surface area contributed by atoms with E-state index in [9.17, 15) is 4.79 Å². The summed E-state index contributed by atoms with van der Waals surface area (Å²) in [6.45, 7) is 0. The van der Waals surface area contributed by atoms with Crippen LogP contribution in [0, 0.1) is 0 Å². The van der Waals surface area contributed by atoms with E-state index in [1.165, 1.54) is 5.56 Å². The Kier molecular flexibility index (Phi) is 1.87. The monoisotopic (exact) mass is 179 g/mol. The first-order valence-corrected chi connectivity index (χ1v) is 4.51. The summed E-state index contributed by atoms with van der Waals surface area (Å²) in [6, 6.07) is 0. The molecule has 2 rings (SSSR count). The number of carbonyl (C=O) groups excluding carboxylic acids is 1. The average Bonchev–Trinajstić information content (AvgIpc) is 2.61. The third-order valence-corrected chi connectivity index (χ3v) is 2.45. The number of furan rings is 1. The molecule has 1 amide bonds. The maximum atomic E-state index is 11.6. The Hall–Kier alpha value is -1.25. The molecule has 0 radical (unpaired) electrons. The second kappa shape index (κ2) is 2.91. The van der Waals surface area contributed by atoms with Gasteiger partial charge in [-0.15, -0.1) is 0 Å². The van der Waals surface area contributed by atoms with Gasteiger partial charge in [-0.25, -0.2) is 0 Å². The van der Waals surface area contributed by atoms with Gasteiger partial charge in [0.25, 0.3) is 5.91 Å². The molecule has 0 atom stereocenters. The van der Waals surface area contributed by atoms with Crippen molar-refractivity contribution in [3.63, 3.8) is 0 Å². The van der Waals surface area contributed by atoms with Crippen LogP contribution < -0.4 is 0 Å². The molecule has 1 heterocycles. The van der Waals surface area contributed by atoms with Crippen molar-refractivity contribution in [1.82, 2.24) is 4.90 Å². The van der Waals surface area contributed by atoms with Crippen LogP contribution in [0.5, 0.6) is 0 Å². The predicted octanol–water partition coefficient (Wildman–Crippen LogP) is 1.47. The minimum atomic E-state index is -0.0249. The molecule has 0 spiro atoms. The van der Waals surface area contributed by atoms with Crippen LogP contribution >= 0.6 is 0 Å². The molecule has 70 valence electrons. The molecular weight excluding hydrogens is 166 g/mol. The smallest absolute Gasteiger partial charge is 0.289 e. The van der Waals surface area contributed by atoms with Crippen LogP contribution in [0.2, 0.25) is 0 Å². The van der Waals surface area contributed by atoms with Crippen molar-refractivity contribution in [2.75, 3.05) is 14.1 Å². The fourth-order valence-corrected chi connectivity index (χ4v) is 1.74. The Morgan fingerprint density at radius 3 is 2.92 bits per heavy atom. The molecule has 0 bridgehead atoms. The molecule has 1 aromatic heterocycles. The van der Waals surface area contributed by atoms with Gasteiger partial charge in [0.05, 0.1) is 6.26 Å². The van der Waals surface area contributed by atoms with Crippen molar-refractivity contribution >= 4 is 5.91 Å². The summed E-state index contributed by atoms with van der Waals surface area (Å²) in [5.74, 6) is 0.514. The number of hydrogen-bond donors (Lipinski definition) is 0. The third-order valence-electron chi connectivity index (χ3n) is 2.45. The van der Waals surface area contributed by atoms with E-state index in [0.29, 0.717) is 5.76 Å². The summed E-state index contributed by atoms with van der Waals surface area (Å²) < 4.78 is 5.27. The zero-order valence-electron chi connectivity index (χ0n) is 7.96. The standard InChI is InChI=1S/C10H13NO2/c1-11(2)10(12)9-8-5-3-4-7(8)6-13-9/h6H,3-5H2,1-2H3. The zero-order chi connectivity index (χ0) is 9.42. The van der Waals surface area contributed by atoms with Gasteiger partial charge in [-0.05, 0) is 24.8 Å². The summed E-state index contributed by atoms with van der Waals surface area (Å²) in [5.41, 5.74) is 2.34. The Balaban J connectivity index is 2.36. The first-order valence-electron chi connectivity index (χ1n) is 4.51. The van der Waals surface area contributed by atoms with Crippen LogP contribution in [-0.2, 0) is 12.8 Å².